The molecule has 0 spiro atoms. The lowest BCUT2D eigenvalue weighted by Gasteiger charge is -2.18. The molecule has 5 nitrogen and oxygen atoms in total. The molecule has 0 saturated heterocycles. The minimum atomic E-state index is -0.996. The lowest BCUT2D eigenvalue weighted by Crippen LogP contribution is -2.32. The summed E-state index contributed by atoms with van der Waals surface area (Å²) < 4.78 is 5.64. The van der Waals surface area contributed by atoms with Gasteiger partial charge in [-0.2, -0.15) is 0 Å². The highest BCUT2D eigenvalue weighted by molar-refractivity contribution is 5.88. The summed E-state index contributed by atoms with van der Waals surface area (Å²) in [5.74, 6) is -0.292. The molecule has 2 aromatic carbocycles. The van der Waals surface area contributed by atoms with Crippen LogP contribution in [0.15, 0.2) is 48.5 Å². The van der Waals surface area contributed by atoms with Crippen molar-refractivity contribution in [3.8, 4) is 5.75 Å². The van der Waals surface area contributed by atoms with E-state index in [0.717, 1.165) is 11.3 Å². The molecular weight excluding hydrogens is 306 g/mol. The number of aryl methyl sites for hydroxylation is 1. The first-order valence-corrected chi connectivity index (χ1v) is 7.71. The van der Waals surface area contributed by atoms with Gasteiger partial charge >= 0.3 is 5.97 Å². The maximum atomic E-state index is 12.2. The average molecular weight is 327 g/mol. The summed E-state index contributed by atoms with van der Waals surface area (Å²) in [7, 11) is 1.71. The third kappa shape index (κ3) is 5.12. The van der Waals surface area contributed by atoms with Crippen molar-refractivity contribution in [1.82, 2.24) is 4.90 Å². The zero-order valence-electron chi connectivity index (χ0n) is 13.9. The molecule has 0 radical (unpaired) electrons. The Morgan fingerprint density at radius 3 is 2.58 bits per heavy atom. The van der Waals surface area contributed by atoms with Crippen LogP contribution in [-0.2, 0) is 11.2 Å². The molecule has 0 saturated carbocycles. The quantitative estimate of drug-likeness (QED) is 0.849. The first-order chi connectivity index (χ1) is 11.5. The molecule has 0 aliphatic rings. The number of carbonyl (C=O) groups is 2. The number of amides is 1. The highest BCUT2D eigenvalue weighted by atomic mass is 16.5. The maximum Gasteiger partial charge on any atom is 0.335 e. The standard InChI is InChI=1S/C19H21NO4/c1-14-5-3-8-17(11-14)24-10-9-20(2)18(21)13-15-6-4-7-16(12-15)19(22)23/h3-8,11-12H,9-10,13H2,1-2H3,(H,22,23). The third-order valence-corrected chi connectivity index (χ3v) is 3.64. The summed E-state index contributed by atoms with van der Waals surface area (Å²) in [5.41, 5.74) is 1.99. The predicted octanol–water partition coefficient (Wildman–Crippen LogP) is 2.77. The van der Waals surface area contributed by atoms with E-state index in [1.54, 1.807) is 24.1 Å². The van der Waals surface area contributed by atoms with Gasteiger partial charge in [-0.25, -0.2) is 4.79 Å². The highest BCUT2D eigenvalue weighted by Crippen LogP contribution is 2.12. The van der Waals surface area contributed by atoms with Crippen molar-refractivity contribution in [2.75, 3.05) is 20.2 Å². The molecule has 0 fully saturated rings. The van der Waals surface area contributed by atoms with Crippen molar-refractivity contribution in [1.29, 1.82) is 0 Å². The lowest BCUT2D eigenvalue weighted by atomic mass is 10.1. The number of likely N-dealkylation sites (N-methyl/N-ethyl adjacent to an activating group) is 1. The predicted molar refractivity (Wildman–Crippen MR) is 91.4 cm³/mol. The van der Waals surface area contributed by atoms with Crippen LogP contribution in [0.25, 0.3) is 0 Å². The van der Waals surface area contributed by atoms with Crippen molar-refractivity contribution >= 4 is 11.9 Å². The Balaban J connectivity index is 1.84. The fourth-order valence-corrected chi connectivity index (χ4v) is 2.25. The molecule has 0 heterocycles. The van der Waals surface area contributed by atoms with Crippen LogP contribution in [0.2, 0.25) is 0 Å². The Bertz CT molecular complexity index is 727. The Kier molecular flexibility index (Phi) is 5.95. The molecule has 0 atom stereocenters. The number of carboxylic acids is 1. The summed E-state index contributed by atoms with van der Waals surface area (Å²) in [6.45, 7) is 2.86. The van der Waals surface area contributed by atoms with Gasteiger partial charge in [-0.15, -0.1) is 0 Å². The third-order valence-electron chi connectivity index (χ3n) is 3.64. The van der Waals surface area contributed by atoms with Gasteiger partial charge in [-0.1, -0.05) is 24.3 Å². The minimum Gasteiger partial charge on any atom is -0.492 e. The van der Waals surface area contributed by atoms with Crippen molar-refractivity contribution in [3.63, 3.8) is 0 Å². The van der Waals surface area contributed by atoms with Crippen LogP contribution in [0.1, 0.15) is 21.5 Å². The zero-order chi connectivity index (χ0) is 17.5. The molecule has 1 amide bonds. The highest BCUT2D eigenvalue weighted by Gasteiger charge is 2.11. The second kappa shape index (κ2) is 8.15. The topological polar surface area (TPSA) is 66.8 Å². The number of hydrogen-bond acceptors (Lipinski definition) is 3. The fraction of sp³-hybridized carbons (Fsp3) is 0.263. The first-order valence-electron chi connectivity index (χ1n) is 7.71. The van der Waals surface area contributed by atoms with Gasteiger partial charge in [0.15, 0.2) is 0 Å². The average Bonchev–Trinajstić information content (AvgIpc) is 2.55. The van der Waals surface area contributed by atoms with E-state index in [1.807, 2.05) is 31.2 Å². The molecule has 0 unspecified atom stereocenters. The molecule has 126 valence electrons. The number of carbonyl (C=O) groups excluding carboxylic acids is 1. The van der Waals surface area contributed by atoms with Crippen LogP contribution in [0.4, 0.5) is 0 Å². The largest absolute Gasteiger partial charge is 0.492 e. The number of benzene rings is 2. The van der Waals surface area contributed by atoms with Gasteiger partial charge in [-0.05, 0) is 42.3 Å². The van der Waals surface area contributed by atoms with Crippen molar-refractivity contribution < 1.29 is 19.4 Å². The maximum absolute atomic E-state index is 12.2. The first kappa shape index (κ1) is 17.5. The van der Waals surface area contributed by atoms with Crippen molar-refractivity contribution in [2.24, 2.45) is 0 Å². The number of nitrogens with zero attached hydrogens (tertiary/aromatic N) is 1. The minimum absolute atomic E-state index is 0.0784. The van der Waals surface area contributed by atoms with E-state index in [4.69, 9.17) is 9.84 Å². The van der Waals surface area contributed by atoms with Crippen LogP contribution >= 0.6 is 0 Å². The molecule has 0 aliphatic heterocycles. The van der Waals surface area contributed by atoms with Gasteiger partial charge in [0.25, 0.3) is 0 Å². The number of rotatable bonds is 7. The van der Waals surface area contributed by atoms with Gasteiger partial charge in [0.05, 0.1) is 18.5 Å². The van der Waals surface area contributed by atoms with E-state index in [2.05, 4.69) is 0 Å². The number of aromatic carboxylic acids is 1. The molecule has 2 aromatic rings. The fourth-order valence-electron chi connectivity index (χ4n) is 2.25. The Morgan fingerprint density at radius 1 is 1.12 bits per heavy atom. The van der Waals surface area contributed by atoms with Crippen LogP contribution in [-0.4, -0.2) is 42.1 Å². The van der Waals surface area contributed by atoms with Crippen LogP contribution < -0.4 is 4.74 Å². The van der Waals surface area contributed by atoms with E-state index < -0.39 is 5.97 Å². The summed E-state index contributed by atoms with van der Waals surface area (Å²) in [4.78, 5) is 24.8. The van der Waals surface area contributed by atoms with Gasteiger partial charge in [0, 0.05) is 7.05 Å². The number of carboxylic acid groups (broad SMARTS) is 1. The summed E-state index contributed by atoms with van der Waals surface area (Å²) in [6.07, 6.45) is 0.169. The van der Waals surface area contributed by atoms with Crippen LogP contribution in [0.5, 0.6) is 5.75 Å². The molecule has 5 heteroatoms. The van der Waals surface area contributed by atoms with Crippen LogP contribution in [0.3, 0.4) is 0 Å². The Labute approximate surface area is 141 Å². The molecule has 0 aromatic heterocycles. The molecular formula is C19H21NO4. The van der Waals surface area contributed by atoms with Crippen LogP contribution in [0, 0.1) is 6.92 Å². The molecule has 0 bridgehead atoms. The van der Waals surface area contributed by atoms with Gasteiger partial charge < -0.3 is 14.7 Å². The second-order valence-corrected chi connectivity index (χ2v) is 5.66. The van der Waals surface area contributed by atoms with Gasteiger partial charge in [0.1, 0.15) is 12.4 Å². The summed E-state index contributed by atoms with van der Waals surface area (Å²) in [5, 5.41) is 8.98. The molecule has 24 heavy (non-hydrogen) atoms. The smallest absolute Gasteiger partial charge is 0.335 e. The lowest BCUT2D eigenvalue weighted by molar-refractivity contribution is -0.129. The number of ether oxygens (including phenoxy) is 1. The van der Waals surface area contributed by atoms with E-state index in [-0.39, 0.29) is 17.9 Å². The molecule has 2 rings (SSSR count). The Hall–Kier alpha value is -2.82. The monoisotopic (exact) mass is 327 g/mol. The van der Waals surface area contributed by atoms with E-state index in [9.17, 15) is 9.59 Å². The number of hydrogen-bond donors (Lipinski definition) is 1. The van der Waals surface area contributed by atoms with E-state index in [1.165, 1.54) is 12.1 Å². The molecule has 0 aliphatic carbocycles. The van der Waals surface area contributed by atoms with E-state index in [0.29, 0.717) is 18.7 Å². The zero-order valence-corrected chi connectivity index (χ0v) is 13.9. The van der Waals surface area contributed by atoms with Gasteiger partial charge in [-0.3, -0.25) is 4.79 Å². The van der Waals surface area contributed by atoms with E-state index >= 15 is 0 Å². The summed E-state index contributed by atoms with van der Waals surface area (Å²) in [6, 6.07) is 14.2. The normalized spacial score (nSPS) is 10.2. The molecule has 1 N–H and O–H groups in total. The van der Waals surface area contributed by atoms with Crippen molar-refractivity contribution in [3.05, 3.63) is 65.2 Å². The van der Waals surface area contributed by atoms with Gasteiger partial charge in [0.2, 0.25) is 5.91 Å². The summed E-state index contributed by atoms with van der Waals surface area (Å²) >= 11 is 0. The SMILES string of the molecule is Cc1cccc(OCCN(C)C(=O)Cc2cccc(C(=O)O)c2)c1. The van der Waals surface area contributed by atoms with Crippen molar-refractivity contribution in [2.45, 2.75) is 13.3 Å². The second-order valence-electron chi connectivity index (χ2n) is 5.66. The Morgan fingerprint density at radius 2 is 1.88 bits per heavy atom.